The monoisotopic (exact) mass is 326 g/mol. The highest BCUT2D eigenvalue weighted by Crippen LogP contribution is 2.41. The second-order valence-electron chi connectivity index (χ2n) is 8.25. The van der Waals surface area contributed by atoms with Crippen molar-refractivity contribution in [3.63, 3.8) is 0 Å². The second kappa shape index (κ2) is 8.74. The van der Waals surface area contributed by atoms with Gasteiger partial charge in [0.2, 0.25) is 0 Å². The minimum absolute atomic E-state index is 0.698. The molecule has 2 aliphatic carbocycles. The fourth-order valence-electron chi connectivity index (χ4n) is 4.59. The summed E-state index contributed by atoms with van der Waals surface area (Å²) < 4.78 is 5.79. The molecule has 2 saturated carbocycles. The lowest BCUT2D eigenvalue weighted by Crippen LogP contribution is -2.24. The molecule has 2 aliphatic rings. The molecule has 3 rings (SSSR count). The third kappa shape index (κ3) is 5.13. The number of rotatable bonds is 5. The van der Waals surface area contributed by atoms with E-state index >= 15 is 0 Å². The Morgan fingerprint density at radius 3 is 2.08 bits per heavy atom. The van der Waals surface area contributed by atoms with Gasteiger partial charge >= 0.3 is 0 Å². The van der Waals surface area contributed by atoms with Gasteiger partial charge < -0.3 is 4.74 Å². The molecule has 1 aromatic rings. The predicted molar refractivity (Wildman–Crippen MR) is 102 cm³/mol. The van der Waals surface area contributed by atoms with Crippen LogP contribution in [0.5, 0.6) is 5.75 Å². The standard InChI is InChI=1S/C23H34O/c1-18-5-11-21(12-6-18)22-13-9-20(10-14-22)4-3-17-24-23-15-7-19(2)8-16-23/h3-4,7-8,15-16,18,20-22H,5-6,9-14,17H2,1-2H3. The van der Waals surface area contributed by atoms with Gasteiger partial charge in [-0.25, -0.2) is 0 Å². The lowest BCUT2D eigenvalue weighted by molar-refractivity contribution is 0.160. The number of aryl methyl sites for hydroxylation is 1. The molecule has 1 heteroatoms. The summed E-state index contributed by atoms with van der Waals surface area (Å²) in [6, 6.07) is 8.32. The molecular weight excluding hydrogens is 292 g/mol. The third-order valence-electron chi connectivity index (χ3n) is 6.32. The molecule has 0 radical (unpaired) electrons. The molecule has 0 unspecified atom stereocenters. The molecule has 0 N–H and O–H groups in total. The van der Waals surface area contributed by atoms with E-state index in [9.17, 15) is 0 Å². The lowest BCUT2D eigenvalue weighted by atomic mass is 9.69. The van der Waals surface area contributed by atoms with Crippen LogP contribution in [-0.4, -0.2) is 6.61 Å². The van der Waals surface area contributed by atoms with Crippen LogP contribution in [0.2, 0.25) is 0 Å². The van der Waals surface area contributed by atoms with E-state index < -0.39 is 0 Å². The molecule has 0 aromatic heterocycles. The first-order valence-corrected chi connectivity index (χ1v) is 10.1. The molecule has 24 heavy (non-hydrogen) atoms. The molecule has 0 atom stereocenters. The van der Waals surface area contributed by atoms with Gasteiger partial charge in [-0.05, 0) is 81.3 Å². The molecule has 0 spiro atoms. The quantitative estimate of drug-likeness (QED) is 0.556. The summed E-state index contributed by atoms with van der Waals surface area (Å²) in [5.41, 5.74) is 1.28. The van der Waals surface area contributed by atoms with Gasteiger partial charge in [0.1, 0.15) is 12.4 Å². The zero-order valence-corrected chi connectivity index (χ0v) is 15.5. The van der Waals surface area contributed by atoms with Crippen molar-refractivity contribution in [2.75, 3.05) is 6.61 Å². The molecule has 0 amide bonds. The summed E-state index contributed by atoms with van der Waals surface area (Å²) in [5, 5.41) is 0. The maximum Gasteiger partial charge on any atom is 0.119 e. The van der Waals surface area contributed by atoms with E-state index in [0.29, 0.717) is 6.61 Å². The Morgan fingerprint density at radius 2 is 1.46 bits per heavy atom. The summed E-state index contributed by atoms with van der Waals surface area (Å²) in [7, 11) is 0. The van der Waals surface area contributed by atoms with Crippen molar-refractivity contribution in [1.82, 2.24) is 0 Å². The Kier molecular flexibility index (Phi) is 6.40. The van der Waals surface area contributed by atoms with Crippen LogP contribution in [0.25, 0.3) is 0 Å². The molecule has 0 heterocycles. The van der Waals surface area contributed by atoms with Gasteiger partial charge in [-0.2, -0.15) is 0 Å². The number of ether oxygens (including phenoxy) is 1. The number of benzene rings is 1. The van der Waals surface area contributed by atoms with E-state index in [2.05, 4.69) is 50.3 Å². The van der Waals surface area contributed by atoms with Crippen LogP contribution in [0.15, 0.2) is 36.4 Å². The summed E-state index contributed by atoms with van der Waals surface area (Å²) >= 11 is 0. The summed E-state index contributed by atoms with van der Waals surface area (Å²) in [5.74, 6) is 4.79. The van der Waals surface area contributed by atoms with Crippen LogP contribution >= 0.6 is 0 Å². The fourth-order valence-corrected chi connectivity index (χ4v) is 4.59. The van der Waals surface area contributed by atoms with Gasteiger partial charge in [0, 0.05) is 0 Å². The molecule has 0 bridgehead atoms. The average Bonchev–Trinajstić information content (AvgIpc) is 2.62. The number of hydrogen-bond donors (Lipinski definition) is 0. The van der Waals surface area contributed by atoms with Crippen LogP contribution in [0.3, 0.4) is 0 Å². The fraction of sp³-hybridized carbons (Fsp3) is 0.652. The smallest absolute Gasteiger partial charge is 0.119 e. The van der Waals surface area contributed by atoms with E-state index in [1.54, 1.807) is 0 Å². The van der Waals surface area contributed by atoms with Crippen LogP contribution in [0, 0.1) is 30.6 Å². The summed E-state index contributed by atoms with van der Waals surface area (Å²) in [4.78, 5) is 0. The Balaban J connectivity index is 1.35. The zero-order valence-electron chi connectivity index (χ0n) is 15.5. The highest BCUT2D eigenvalue weighted by molar-refractivity contribution is 5.26. The van der Waals surface area contributed by atoms with E-state index in [-0.39, 0.29) is 0 Å². The maximum absolute atomic E-state index is 5.79. The number of hydrogen-bond acceptors (Lipinski definition) is 1. The average molecular weight is 327 g/mol. The highest BCUT2D eigenvalue weighted by Gasteiger charge is 2.29. The minimum atomic E-state index is 0.698. The van der Waals surface area contributed by atoms with Crippen molar-refractivity contribution in [3.05, 3.63) is 42.0 Å². The van der Waals surface area contributed by atoms with Crippen LogP contribution < -0.4 is 4.74 Å². The first-order chi connectivity index (χ1) is 11.7. The van der Waals surface area contributed by atoms with Crippen molar-refractivity contribution < 1.29 is 4.74 Å². The molecule has 2 fully saturated rings. The Bertz CT molecular complexity index is 499. The first-order valence-electron chi connectivity index (χ1n) is 10.1. The van der Waals surface area contributed by atoms with Gasteiger partial charge in [0.25, 0.3) is 0 Å². The van der Waals surface area contributed by atoms with Crippen molar-refractivity contribution in [2.45, 2.75) is 65.2 Å². The predicted octanol–water partition coefficient (Wildman–Crippen LogP) is 6.56. The highest BCUT2D eigenvalue weighted by atomic mass is 16.5. The maximum atomic E-state index is 5.79. The van der Waals surface area contributed by atoms with E-state index in [0.717, 1.165) is 29.4 Å². The van der Waals surface area contributed by atoms with Crippen molar-refractivity contribution in [1.29, 1.82) is 0 Å². The minimum Gasteiger partial charge on any atom is -0.490 e. The molecule has 132 valence electrons. The Labute approximate surface area is 148 Å². The van der Waals surface area contributed by atoms with E-state index in [1.807, 2.05) is 0 Å². The van der Waals surface area contributed by atoms with Crippen molar-refractivity contribution in [3.8, 4) is 5.75 Å². The summed E-state index contributed by atoms with van der Waals surface area (Å²) in [6.45, 7) is 5.23. The Hall–Kier alpha value is -1.24. The van der Waals surface area contributed by atoms with E-state index in [4.69, 9.17) is 4.74 Å². The summed E-state index contributed by atoms with van der Waals surface area (Å²) in [6.07, 6.45) is 16.3. The van der Waals surface area contributed by atoms with Crippen molar-refractivity contribution in [2.24, 2.45) is 23.7 Å². The molecule has 1 aromatic carbocycles. The normalized spacial score (nSPS) is 31.2. The van der Waals surface area contributed by atoms with Gasteiger partial charge in [0.15, 0.2) is 0 Å². The first kappa shape index (κ1) is 17.6. The van der Waals surface area contributed by atoms with Gasteiger partial charge in [-0.1, -0.05) is 49.6 Å². The molecule has 1 nitrogen and oxygen atoms in total. The van der Waals surface area contributed by atoms with Gasteiger partial charge in [-0.3, -0.25) is 0 Å². The van der Waals surface area contributed by atoms with Gasteiger partial charge in [0.05, 0.1) is 0 Å². The van der Waals surface area contributed by atoms with Crippen LogP contribution in [0.4, 0.5) is 0 Å². The largest absolute Gasteiger partial charge is 0.490 e. The van der Waals surface area contributed by atoms with Crippen LogP contribution in [-0.2, 0) is 0 Å². The van der Waals surface area contributed by atoms with Gasteiger partial charge in [-0.15, -0.1) is 0 Å². The van der Waals surface area contributed by atoms with E-state index in [1.165, 1.54) is 56.9 Å². The molecule has 0 aliphatic heterocycles. The van der Waals surface area contributed by atoms with Crippen LogP contribution in [0.1, 0.15) is 63.9 Å². The Morgan fingerprint density at radius 1 is 0.875 bits per heavy atom. The number of allylic oxidation sites excluding steroid dienone is 1. The lowest BCUT2D eigenvalue weighted by Gasteiger charge is -2.36. The third-order valence-corrected chi connectivity index (χ3v) is 6.32. The SMILES string of the molecule is Cc1ccc(OCC=CC2CCC(C3CCC(C)CC3)CC2)cc1. The zero-order chi connectivity index (χ0) is 16.8. The second-order valence-corrected chi connectivity index (χ2v) is 8.25. The molecule has 0 saturated heterocycles. The van der Waals surface area contributed by atoms with Crippen molar-refractivity contribution >= 4 is 0 Å². The topological polar surface area (TPSA) is 9.23 Å². The molecular formula is C23H34O.